The van der Waals surface area contributed by atoms with Crippen LogP contribution < -0.4 is 5.32 Å². The molecule has 0 bridgehead atoms. The van der Waals surface area contributed by atoms with E-state index in [1.165, 1.54) is 18.4 Å². The van der Waals surface area contributed by atoms with E-state index in [0.717, 1.165) is 4.88 Å². The van der Waals surface area contributed by atoms with Crippen molar-refractivity contribution in [3.05, 3.63) is 58.3 Å². The lowest BCUT2D eigenvalue weighted by molar-refractivity contribution is -0.148. The zero-order chi connectivity index (χ0) is 16.3. The number of azo groups is 1. The van der Waals surface area contributed by atoms with E-state index in [0.29, 0.717) is 12.1 Å². The fraction of sp³-hybridized carbons (Fsp3) is 0.250. The van der Waals surface area contributed by atoms with Crippen LogP contribution in [-0.2, 0) is 9.53 Å². The summed E-state index contributed by atoms with van der Waals surface area (Å²) in [4.78, 5) is 25.9. The first-order chi connectivity index (χ1) is 11.2. The number of benzene rings is 1. The smallest absolute Gasteiger partial charge is 0.357 e. The van der Waals surface area contributed by atoms with Gasteiger partial charge < -0.3 is 10.1 Å². The molecule has 2 unspecified atom stereocenters. The van der Waals surface area contributed by atoms with Crippen molar-refractivity contribution in [3.8, 4) is 0 Å². The van der Waals surface area contributed by atoms with Crippen LogP contribution in [0, 0.1) is 0 Å². The molecule has 0 spiro atoms. The largest absolute Gasteiger partial charge is 0.466 e. The Bertz CT molecular complexity index is 730. The molecule has 7 heteroatoms. The predicted molar refractivity (Wildman–Crippen MR) is 85.4 cm³/mol. The minimum Gasteiger partial charge on any atom is -0.466 e. The topological polar surface area (TPSA) is 80.1 Å². The van der Waals surface area contributed by atoms with E-state index in [9.17, 15) is 9.59 Å². The molecule has 1 N–H and O–H groups in total. The molecule has 3 rings (SSSR count). The number of hydrogen-bond acceptors (Lipinski definition) is 6. The van der Waals surface area contributed by atoms with E-state index in [1.807, 2.05) is 23.6 Å². The second-order valence-electron chi connectivity index (χ2n) is 5.07. The molecule has 1 amide bonds. The van der Waals surface area contributed by atoms with Crippen molar-refractivity contribution in [1.82, 2.24) is 5.32 Å². The molecule has 0 saturated carbocycles. The number of carbonyl (C=O) groups excluding carboxylic acids is 2. The van der Waals surface area contributed by atoms with Crippen molar-refractivity contribution in [3.63, 3.8) is 0 Å². The predicted octanol–water partition coefficient (Wildman–Crippen LogP) is 2.60. The third-order valence-corrected chi connectivity index (χ3v) is 4.71. The van der Waals surface area contributed by atoms with Crippen LogP contribution in [0.5, 0.6) is 0 Å². The van der Waals surface area contributed by atoms with Crippen molar-refractivity contribution in [2.75, 3.05) is 13.7 Å². The Labute approximate surface area is 137 Å². The third-order valence-electron chi connectivity index (χ3n) is 3.72. The first-order valence-electron chi connectivity index (χ1n) is 7.05. The lowest BCUT2D eigenvalue weighted by atomic mass is 9.92. The van der Waals surface area contributed by atoms with Crippen LogP contribution in [0.25, 0.3) is 0 Å². The van der Waals surface area contributed by atoms with Crippen molar-refractivity contribution >= 4 is 23.2 Å². The van der Waals surface area contributed by atoms with Crippen molar-refractivity contribution in [2.24, 2.45) is 10.2 Å². The summed E-state index contributed by atoms with van der Waals surface area (Å²) in [5.41, 5.74) is -1.07. The molecule has 1 aromatic carbocycles. The second-order valence-corrected chi connectivity index (χ2v) is 6.05. The van der Waals surface area contributed by atoms with E-state index in [-0.39, 0.29) is 5.92 Å². The van der Waals surface area contributed by atoms with Crippen LogP contribution in [-0.4, -0.2) is 31.2 Å². The van der Waals surface area contributed by atoms with Crippen molar-refractivity contribution < 1.29 is 14.3 Å². The highest BCUT2D eigenvalue weighted by atomic mass is 32.1. The monoisotopic (exact) mass is 329 g/mol. The summed E-state index contributed by atoms with van der Waals surface area (Å²) >= 11 is 1.49. The highest BCUT2D eigenvalue weighted by Gasteiger charge is 2.53. The summed E-state index contributed by atoms with van der Waals surface area (Å²) in [5.74, 6) is -1.39. The summed E-state index contributed by atoms with van der Waals surface area (Å²) in [6.07, 6.45) is 0. The van der Waals surface area contributed by atoms with Crippen molar-refractivity contribution in [2.45, 2.75) is 11.6 Å². The number of nitrogens with zero attached hydrogens (tertiary/aromatic N) is 2. The van der Waals surface area contributed by atoms with Gasteiger partial charge in [-0.1, -0.05) is 24.3 Å². The van der Waals surface area contributed by atoms with Gasteiger partial charge in [0.25, 0.3) is 11.6 Å². The van der Waals surface area contributed by atoms with Crippen LogP contribution in [0.1, 0.15) is 21.2 Å². The van der Waals surface area contributed by atoms with Crippen LogP contribution in [0.15, 0.2) is 58.1 Å². The molecule has 0 radical (unpaired) electrons. The molecule has 1 aromatic heterocycles. The first kappa shape index (κ1) is 15.4. The maximum Gasteiger partial charge on any atom is 0.357 e. The number of methoxy groups -OCH3 is 1. The molecular formula is C16H15N3O3S. The molecule has 2 atom stereocenters. The van der Waals surface area contributed by atoms with Gasteiger partial charge in [-0.25, -0.2) is 4.79 Å². The van der Waals surface area contributed by atoms with Gasteiger partial charge in [-0.05, 0) is 23.6 Å². The fourth-order valence-electron chi connectivity index (χ4n) is 2.56. The van der Waals surface area contributed by atoms with Gasteiger partial charge in [-0.3, -0.25) is 4.79 Å². The van der Waals surface area contributed by atoms with E-state index in [2.05, 4.69) is 15.5 Å². The Morgan fingerprint density at radius 2 is 2.04 bits per heavy atom. The molecule has 2 aromatic rings. The molecule has 1 aliphatic heterocycles. The van der Waals surface area contributed by atoms with Gasteiger partial charge in [0.15, 0.2) is 0 Å². The number of thiophene rings is 1. The van der Waals surface area contributed by atoms with E-state index < -0.39 is 17.5 Å². The van der Waals surface area contributed by atoms with E-state index in [4.69, 9.17) is 4.74 Å². The Morgan fingerprint density at radius 3 is 2.70 bits per heavy atom. The Morgan fingerprint density at radius 1 is 1.26 bits per heavy atom. The van der Waals surface area contributed by atoms with Gasteiger partial charge >= 0.3 is 5.97 Å². The van der Waals surface area contributed by atoms with Crippen LogP contribution in [0.4, 0.5) is 0 Å². The first-order valence-corrected chi connectivity index (χ1v) is 7.93. The van der Waals surface area contributed by atoms with Crippen LogP contribution >= 0.6 is 11.3 Å². The summed E-state index contributed by atoms with van der Waals surface area (Å²) in [6.45, 7) is 0.324. The SMILES string of the molecule is COC(=O)C1(NC(=O)c2ccccc2)N=NCC1c1cccs1. The molecule has 6 nitrogen and oxygen atoms in total. The minimum atomic E-state index is -1.52. The van der Waals surface area contributed by atoms with Crippen LogP contribution in [0.3, 0.4) is 0 Å². The molecule has 2 heterocycles. The average Bonchev–Trinajstić information content (AvgIpc) is 3.24. The molecular weight excluding hydrogens is 314 g/mol. The molecule has 0 aliphatic carbocycles. The number of hydrogen-bond donors (Lipinski definition) is 1. The number of esters is 1. The van der Waals surface area contributed by atoms with Gasteiger partial charge in [0, 0.05) is 10.4 Å². The normalized spacial score (nSPS) is 22.7. The van der Waals surface area contributed by atoms with Gasteiger partial charge in [0.2, 0.25) is 0 Å². The van der Waals surface area contributed by atoms with Crippen LogP contribution in [0.2, 0.25) is 0 Å². The zero-order valence-electron chi connectivity index (χ0n) is 12.4. The maximum atomic E-state index is 12.5. The Kier molecular flexibility index (Phi) is 4.20. The summed E-state index contributed by atoms with van der Waals surface area (Å²) in [6, 6.07) is 12.5. The Hall–Kier alpha value is -2.54. The van der Waals surface area contributed by atoms with Gasteiger partial charge in [-0.15, -0.1) is 11.3 Å². The highest BCUT2D eigenvalue weighted by molar-refractivity contribution is 7.10. The second kappa shape index (κ2) is 6.29. The molecule has 23 heavy (non-hydrogen) atoms. The standard InChI is InChI=1S/C16H15N3O3S/c1-22-15(21)16(18-14(20)11-6-3-2-4-7-11)12(10-17-19-16)13-8-5-9-23-13/h2-9,12H,10H2,1H3,(H,18,20). The number of amides is 1. The number of ether oxygens (including phenoxy) is 1. The highest BCUT2D eigenvalue weighted by Crippen LogP contribution is 2.38. The van der Waals surface area contributed by atoms with E-state index >= 15 is 0 Å². The average molecular weight is 329 g/mol. The molecule has 0 saturated heterocycles. The van der Waals surface area contributed by atoms with Gasteiger partial charge in [0.05, 0.1) is 19.6 Å². The van der Waals surface area contributed by atoms with E-state index in [1.54, 1.807) is 24.3 Å². The van der Waals surface area contributed by atoms with Crippen molar-refractivity contribution in [1.29, 1.82) is 0 Å². The summed E-state index contributed by atoms with van der Waals surface area (Å²) in [7, 11) is 1.28. The number of nitrogens with one attached hydrogen (secondary N) is 1. The van der Waals surface area contributed by atoms with Gasteiger partial charge in [-0.2, -0.15) is 10.2 Å². The summed E-state index contributed by atoms with van der Waals surface area (Å²) < 4.78 is 4.90. The third kappa shape index (κ3) is 2.75. The number of rotatable bonds is 4. The maximum absolute atomic E-state index is 12.5. The molecule has 1 aliphatic rings. The molecule has 118 valence electrons. The lowest BCUT2D eigenvalue weighted by Gasteiger charge is -2.29. The van der Waals surface area contributed by atoms with Gasteiger partial charge in [0.1, 0.15) is 0 Å². The lowest BCUT2D eigenvalue weighted by Crippen LogP contribution is -2.56. The molecule has 0 fully saturated rings. The fourth-order valence-corrected chi connectivity index (χ4v) is 3.44. The minimum absolute atomic E-state index is 0.324. The Balaban J connectivity index is 1.96. The zero-order valence-corrected chi connectivity index (χ0v) is 13.2. The summed E-state index contributed by atoms with van der Waals surface area (Å²) in [5, 5.41) is 12.7. The quantitative estimate of drug-likeness (QED) is 0.876. The number of carbonyl (C=O) groups is 2.